The zero-order chi connectivity index (χ0) is 30.9. The number of aromatic nitrogens is 5. The number of hydrogen-bond acceptors (Lipinski definition) is 8. The highest BCUT2D eigenvalue weighted by Gasteiger charge is 2.31. The van der Waals surface area contributed by atoms with Gasteiger partial charge in [-0.15, -0.1) is 0 Å². The number of nitrogens with one attached hydrogen (secondary N) is 2. The Morgan fingerprint density at radius 2 is 1.80 bits per heavy atom. The summed E-state index contributed by atoms with van der Waals surface area (Å²) in [6.45, 7) is 4.08. The summed E-state index contributed by atoms with van der Waals surface area (Å²) in [5.41, 5.74) is 0.0378. The Morgan fingerprint density at radius 1 is 0.978 bits per heavy atom. The Balaban J connectivity index is 1.10. The van der Waals surface area contributed by atoms with E-state index >= 15 is 4.39 Å². The normalized spacial score (nSPS) is 16.8. The lowest BCUT2D eigenvalue weighted by Gasteiger charge is -2.28. The van der Waals surface area contributed by atoms with Gasteiger partial charge in [0, 0.05) is 49.3 Å². The lowest BCUT2D eigenvalue weighted by atomic mass is 10.2. The molecule has 11 nitrogen and oxygen atoms in total. The molecule has 45 heavy (non-hydrogen) atoms. The number of nitrogens with zero attached hydrogens (tertiary/aromatic N) is 6. The molecule has 3 aromatic heterocycles. The van der Waals surface area contributed by atoms with Gasteiger partial charge in [-0.3, -0.25) is 14.7 Å². The van der Waals surface area contributed by atoms with Gasteiger partial charge >= 0.3 is 0 Å². The number of likely N-dealkylation sites (tertiary alicyclic amines) is 1. The molecule has 5 aromatic rings. The predicted molar refractivity (Wildman–Crippen MR) is 164 cm³/mol. The molecule has 0 aliphatic carbocycles. The number of carbonyl (C=O) groups is 1. The largest absolute Gasteiger partial charge is 0.453 e. The van der Waals surface area contributed by atoms with Crippen molar-refractivity contribution in [3.05, 3.63) is 94.5 Å². The van der Waals surface area contributed by atoms with E-state index in [1.165, 1.54) is 61.5 Å². The third-order valence-electron chi connectivity index (χ3n) is 8.29. The monoisotopic (exact) mass is 612 g/mol. The maximum atomic E-state index is 15.4. The summed E-state index contributed by atoms with van der Waals surface area (Å²) < 4.78 is 35.8. The van der Waals surface area contributed by atoms with Crippen molar-refractivity contribution in [3.8, 4) is 17.2 Å². The van der Waals surface area contributed by atoms with E-state index < -0.39 is 23.1 Å². The van der Waals surface area contributed by atoms with Gasteiger partial charge in [0.05, 0.1) is 5.69 Å². The van der Waals surface area contributed by atoms with E-state index in [1.807, 2.05) is 0 Å². The fraction of sp³-hybridized carbons (Fsp3) is 0.281. The van der Waals surface area contributed by atoms with Crippen LogP contribution in [0, 0.1) is 11.6 Å². The molecule has 2 saturated heterocycles. The number of pyridine rings is 1. The van der Waals surface area contributed by atoms with Crippen LogP contribution >= 0.6 is 0 Å². The van der Waals surface area contributed by atoms with Gasteiger partial charge in [-0.1, -0.05) is 0 Å². The van der Waals surface area contributed by atoms with Gasteiger partial charge in [-0.2, -0.15) is 14.9 Å². The Kier molecular flexibility index (Phi) is 7.67. The second-order valence-corrected chi connectivity index (χ2v) is 11.2. The third kappa shape index (κ3) is 5.74. The molecular weight excluding hydrogens is 582 g/mol. The lowest BCUT2D eigenvalue weighted by molar-refractivity contribution is 0.102. The second-order valence-electron chi connectivity index (χ2n) is 11.2. The maximum absolute atomic E-state index is 15.4. The molecule has 0 saturated carbocycles. The molecule has 2 N–H and O–H groups in total. The number of fused-ring (bicyclic) bond motifs is 1. The second kappa shape index (κ2) is 12.1. The first-order valence-electron chi connectivity index (χ1n) is 14.9. The van der Waals surface area contributed by atoms with Crippen molar-refractivity contribution in [2.45, 2.75) is 31.7 Å². The Hall–Kier alpha value is -5.17. The van der Waals surface area contributed by atoms with E-state index in [0.29, 0.717) is 28.5 Å². The highest BCUT2D eigenvalue weighted by atomic mass is 19.1. The number of benzene rings is 2. The van der Waals surface area contributed by atoms with Crippen molar-refractivity contribution in [1.29, 1.82) is 0 Å². The average Bonchev–Trinajstić information content (AvgIpc) is 3.81. The van der Waals surface area contributed by atoms with Crippen LogP contribution in [0.25, 0.3) is 16.7 Å². The molecule has 0 bridgehead atoms. The first kappa shape index (κ1) is 28.6. The van der Waals surface area contributed by atoms with E-state index in [1.54, 1.807) is 12.3 Å². The molecule has 2 aliphatic rings. The number of carbonyl (C=O) groups excluding carboxylic acids is 1. The number of aromatic amines is 1. The van der Waals surface area contributed by atoms with Gasteiger partial charge < -0.3 is 19.9 Å². The van der Waals surface area contributed by atoms with Crippen LogP contribution in [0.5, 0.6) is 11.5 Å². The maximum Gasteiger partial charge on any atom is 0.284 e. The topological polar surface area (TPSA) is 121 Å². The smallest absolute Gasteiger partial charge is 0.284 e. The van der Waals surface area contributed by atoms with E-state index in [0.717, 1.165) is 55.6 Å². The zero-order valence-electron chi connectivity index (χ0n) is 24.2. The van der Waals surface area contributed by atoms with Crippen LogP contribution in [0.15, 0.2) is 71.8 Å². The molecule has 2 aliphatic heterocycles. The average molecular weight is 613 g/mol. The van der Waals surface area contributed by atoms with Gasteiger partial charge in [0.2, 0.25) is 0 Å². The summed E-state index contributed by atoms with van der Waals surface area (Å²) >= 11 is 0. The standard InChI is InChI=1S/C32H30F2N8O3/c33-20-5-8-22(9-6-20)42-32(44)24(11-14-36-42)31(43)37-21-7-10-26(25(34)18-21)45-27-12-13-35-29-28(27)30(39-38-29)41-17-3-4-23(41)19-40-15-1-2-16-40/h5-14,18,23H,1-4,15-17,19H2,(H,37,43)(H,35,38,39)/t23-/m1/s1. The number of anilines is 2. The fourth-order valence-electron chi connectivity index (χ4n) is 6.10. The number of hydrogen-bond donors (Lipinski definition) is 2. The Morgan fingerprint density at radius 3 is 2.60 bits per heavy atom. The minimum atomic E-state index is -0.751. The first-order valence-corrected chi connectivity index (χ1v) is 14.9. The van der Waals surface area contributed by atoms with Crippen LogP contribution in [0.4, 0.5) is 20.3 Å². The van der Waals surface area contributed by atoms with Crippen molar-refractivity contribution in [2.75, 3.05) is 36.4 Å². The quantitative estimate of drug-likeness (QED) is 0.254. The van der Waals surface area contributed by atoms with Crippen LogP contribution in [0.2, 0.25) is 0 Å². The number of rotatable bonds is 8. The highest BCUT2D eigenvalue weighted by molar-refractivity contribution is 6.04. The van der Waals surface area contributed by atoms with Gasteiger partial charge in [0.25, 0.3) is 11.5 Å². The number of amides is 1. The van der Waals surface area contributed by atoms with E-state index in [4.69, 9.17) is 4.74 Å². The molecule has 230 valence electrons. The number of ether oxygens (including phenoxy) is 1. The van der Waals surface area contributed by atoms with E-state index in [9.17, 15) is 14.0 Å². The lowest BCUT2D eigenvalue weighted by Crippen LogP contribution is -2.39. The number of halogens is 2. The van der Waals surface area contributed by atoms with Crippen LogP contribution < -0.4 is 20.5 Å². The molecule has 0 unspecified atom stereocenters. The van der Waals surface area contributed by atoms with Gasteiger partial charge in [-0.25, -0.2) is 13.8 Å². The van der Waals surface area contributed by atoms with Crippen LogP contribution in [-0.2, 0) is 0 Å². The van der Waals surface area contributed by atoms with Gasteiger partial charge in [0.15, 0.2) is 23.0 Å². The molecule has 7 rings (SSSR count). The molecule has 1 atom stereocenters. The van der Waals surface area contributed by atoms with Gasteiger partial charge in [-0.05, 0) is 81.2 Å². The van der Waals surface area contributed by atoms with Crippen molar-refractivity contribution in [3.63, 3.8) is 0 Å². The molecule has 5 heterocycles. The summed E-state index contributed by atoms with van der Waals surface area (Å²) in [6, 6.07) is 12.4. The highest BCUT2D eigenvalue weighted by Crippen LogP contribution is 2.38. The van der Waals surface area contributed by atoms with Crippen LogP contribution in [0.3, 0.4) is 0 Å². The summed E-state index contributed by atoms with van der Waals surface area (Å²) in [5.74, 6) is -0.840. The molecule has 2 aromatic carbocycles. The van der Waals surface area contributed by atoms with Crippen LogP contribution in [-0.4, -0.2) is 68.0 Å². The summed E-state index contributed by atoms with van der Waals surface area (Å²) in [5, 5.41) is 14.8. The molecule has 0 spiro atoms. The summed E-state index contributed by atoms with van der Waals surface area (Å²) in [4.78, 5) is 35.1. The van der Waals surface area contributed by atoms with E-state index in [2.05, 4.69) is 35.4 Å². The predicted octanol–water partition coefficient (Wildman–Crippen LogP) is 4.89. The van der Waals surface area contributed by atoms with Gasteiger partial charge in [0.1, 0.15) is 22.5 Å². The molecule has 13 heteroatoms. The fourth-order valence-corrected chi connectivity index (χ4v) is 6.10. The van der Waals surface area contributed by atoms with Crippen molar-refractivity contribution in [2.24, 2.45) is 0 Å². The Bertz CT molecular complexity index is 1920. The molecule has 2 fully saturated rings. The van der Waals surface area contributed by atoms with Crippen LogP contribution in [0.1, 0.15) is 36.0 Å². The molecule has 1 amide bonds. The number of H-pyrrole nitrogens is 1. The molecule has 0 radical (unpaired) electrons. The van der Waals surface area contributed by atoms with Crippen molar-refractivity contribution in [1.82, 2.24) is 29.9 Å². The summed E-state index contributed by atoms with van der Waals surface area (Å²) in [6.07, 6.45) is 7.45. The minimum Gasteiger partial charge on any atom is -0.453 e. The minimum absolute atomic E-state index is 0.0507. The van der Waals surface area contributed by atoms with Crippen molar-refractivity contribution < 1.29 is 18.3 Å². The third-order valence-corrected chi connectivity index (χ3v) is 8.29. The zero-order valence-corrected chi connectivity index (χ0v) is 24.2. The SMILES string of the molecule is O=C(Nc1ccc(Oc2ccnc3[nH]nc(N4CCC[C@@H]4CN4CCCC4)c23)c(F)c1)c1ccnn(-c2ccc(F)cc2)c1=O. The molecular formula is C32H30F2N8O3. The van der Waals surface area contributed by atoms with E-state index in [-0.39, 0.29) is 17.0 Å². The Labute approximate surface area is 256 Å². The first-order chi connectivity index (χ1) is 21.9. The van der Waals surface area contributed by atoms with Crippen molar-refractivity contribution >= 4 is 28.4 Å². The summed E-state index contributed by atoms with van der Waals surface area (Å²) in [7, 11) is 0.